The number of aryl methyl sites for hydroxylation is 2. The highest BCUT2D eigenvalue weighted by Crippen LogP contribution is 2.33. The minimum absolute atomic E-state index is 0. The zero-order chi connectivity index (χ0) is 11.1. The minimum Gasteiger partial charge on any atom is -0.492 e. The fraction of sp³-hybridized carbons (Fsp3) is 0.500. The van der Waals surface area contributed by atoms with Crippen LogP contribution in [0.5, 0.6) is 5.75 Å². The Bertz CT molecular complexity index is 368. The lowest BCUT2D eigenvalue weighted by Crippen LogP contribution is -2.29. The number of ether oxygens (including phenoxy) is 1. The average molecular weight is 354 g/mol. The van der Waals surface area contributed by atoms with Crippen molar-refractivity contribution in [1.29, 1.82) is 0 Å². The van der Waals surface area contributed by atoms with E-state index in [1.807, 2.05) is 0 Å². The molecule has 2 rings (SSSR count). The normalized spacial score (nSPS) is 16.5. The van der Waals surface area contributed by atoms with Crippen LogP contribution in [-0.2, 0) is 0 Å². The van der Waals surface area contributed by atoms with Gasteiger partial charge in [-0.15, -0.1) is 12.4 Å². The van der Waals surface area contributed by atoms with Gasteiger partial charge in [0.15, 0.2) is 0 Å². The molecule has 1 aromatic rings. The molecule has 0 atom stereocenters. The Morgan fingerprint density at radius 2 is 1.81 bits per heavy atom. The van der Waals surface area contributed by atoms with Gasteiger partial charge in [0.05, 0.1) is 5.54 Å². The second-order valence-corrected chi connectivity index (χ2v) is 5.60. The average Bonchev–Trinajstić information content (AvgIpc) is 2.90. The Balaban J connectivity index is 0.00000128. The van der Waals surface area contributed by atoms with Crippen LogP contribution in [0.25, 0.3) is 0 Å². The second-order valence-electron chi connectivity index (χ2n) is 4.52. The van der Waals surface area contributed by atoms with E-state index in [9.17, 15) is 0 Å². The molecule has 1 aromatic carbocycles. The van der Waals surface area contributed by atoms with Crippen LogP contribution in [0.3, 0.4) is 0 Å². The third-order valence-corrected chi connectivity index (χ3v) is 4.53. The number of benzene rings is 1. The lowest BCUT2D eigenvalue weighted by Gasteiger charge is -2.13. The monoisotopic (exact) mass is 353 g/mol. The first-order chi connectivity index (χ1) is 7.00. The smallest absolute Gasteiger partial charge is 0.119 e. The van der Waals surface area contributed by atoms with E-state index in [2.05, 4.69) is 48.6 Å². The summed E-state index contributed by atoms with van der Waals surface area (Å²) in [7, 11) is 0. The molecule has 0 unspecified atom stereocenters. The molecule has 0 aromatic heterocycles. The summed E-state index contributed by atoms with van der Waals surface area (Å²) >= 11 is 2.36. The van der Waals surface area contributed by atoms with Crippen LogP contribution < -0.4 is 10.5 Å². The molecule has 1 aliphatic carbocycles. The van der Waals surface area contributed by atoms with Gasteiger partial charge in [-0.2, -0.15) is 0 Å². The highest BCUT2D eigenvalue weighted by Gasteiger charge is 2.39. The molecule has 0 radical (unpaired) electrons. The molecule has 2 nitrogen and oxygen atoms in total. The van der Waals surface area contributed by atoms with Crippen molar-refractivity contribution in [3.05, 3.63) is 26.8 Å². The van der Waals surface area contributed by atoms with Crippen molar-refractivity contribution in [1.82, 2.24) is 0 Å². The predicted molar refractivity (Wildman–Crippen MR) is 77.5 cm³/mol. The van der Waals surface area contributed by atoms with Crippen LogP contribution in [0.2, 0.25) is 0 Å². The molecule has 1 fully saturated rings. The maximum Gasteiger partial charge on any atom is 0.119 e. The van der Waals surface area contributed by atoms with Gasteiger partial charge in [0.25, 0.3) is 0 Å². The van der Waals surface area contributed by atoms with E-state index in [-0.39, 0.29) is 17.9 Å². The Hall–Kier alpha value is -0.0000000000000000555. The molecule has 0 spiro atoms. The van der Waals surface area contributed by atoms with E-state index in [1.165, 1.54) is 14.7 Å². The largest absolute Gasteiger partial charge is 0.492 e. The van der Waals surface area contributed by atoms with E-state index in [4.69, 9.17) is 10.5 Å². The van der Waals surface area contributed by atoms with Crippen molar-refractivity contribution in [3.63, 3.8) is 0 Å². The molecule has 1 saturated carbocycles. The number of halogens is 2. The predicted octanol–water partition coefficient (Wildman–Crippen LogP) is 3.20. The van der Waals surface area contributed by atoms with Gasteiger partial charge in [0, 0.05) is 3.57 Å². The van der Waals surface area contributed by atoms with Gasteiger partial charge in [0.2, 0.25) is 0 Å². The summed E-state index contributed by atoms with van der Waals surface area (Å²) in [5.41, 5.74) is 8.48. The lowest BCUT2D eigenvalue weighted by molar-refractivity contribution is 0.279. The summed E-state index contributed by atoms with van der Waals surface area (Å²) in [5.74, 6) is 0.946. The molecule has 1 aliphatic rings. The van der Waals surface area contributed by atoms with Crippen LogP contribution in [0.4, 0.5) is 0 Å². The maximum atomic E-state index is 5.97. The fourth-order valence-corrected chi connectivity index (χ4v) is 1.83. The van der Waals surface area contributed by atoms with Gasteiger partial charge in [-0.05, 0) is 72.5 Å². The maximum absolute atomic E-state index is 5.97. The van der Waals surface area contributed by atoms with Gasteiger partial charge in [-0.25, -0.2) is 0 Å². The molecule has 4 heteroatoms. The first-order valence-corrected chi connectivity index (χ1v) is 6.26. The SMILES string of the molecule is Cc1cc(OCC2(N)CC2)cc(C)c1I.Cl. The number of nitrogens with two attached hydrogens (primary N) is 1. The lowest BCUT2D eigenvalue weighted by atomic mass is 10.1. The molecule has 90 valence electrons. The van der Waals surface area contributed by atoms with Crippen LogP contribution in [0.1, 0.15) is 24.0 Å². The van der Waals surface area contributed by atoms with Crippen molar-refractivity contribution in [3.8, 4) is 5.75 Å². The van der Waals surface area contributed by atoms with Gasteiger partial charge >= 0.3 is 0 Å². The fourth-order valence-electron chi connectivity index (χ4n) is 1.52. The van der Waals surface area contributed by atoms with Gasteiger partial charge in [-0.1, -0.05) is 0 Å². The third-order valence-electron chi connectivity index (χ3n) is 2.83. The van der Waals surface area contributed by atoms with Crippen molar-refractivity contribution in [2.24, 2.45) is 5.73 Å². The Kier molecular flexibility index (Phi) is 4.49. The van der Waals surface area contributed by atoms with Crippen LogP contribution in [0.15, 0.2) is 12.1 Å². The highest BCUT2D eigenvalue weighted by atomic mass is 127. The molecular formula is C12H17ClINO. The molecule has 0 saturated heterocycles. The molecule has 2 N–H and O–H groups in total. The van der Waals surface area contributed by atoms with Crippen molar-refractivity contribution in [2.75, 3.05) is 6.61 Å². The van der Waals surface area contributed by atoms with Crippen LogP contribution >= 0.6 is 35.0 Å². The molecule has 16 heavy (non-hydrogen) atoms. The molecular weight excluding hydrogens is 336 g/mol. The van der Waals surface area contributed by atoms with Gasteiger partial charge in [0.1, 0.15) is 12.4 Å². The van der Waals surface area contributed by atoms with E-state index in [0.29, 0.717) is 6.61 Å². The Morgan fingerprint density at radius 3 is 2.25 bits per heavy atom. The number of rotatable bonds is 3. The third kappa shape index (κ3) is 3.25. The molecule has 0 aliphatic heterocycles. The summed E-state index contributed by atoms with van der Waals surface area (Å²) < 4.78 is 7.03. The minimum atomic E-state index is -0.0369. The highest BCUT2D eigenvalue weighted by molar-refractivity contribution is 14.1. The van der Waals surface area contributed by atoms with Crippen molar-refractivity contribution in [2.45, 2.75) is 32.2 Å². The summed E-state index contributed by atoms with van der Waals surface area (Å²) in [6, 6.07) is 4.17. The zero-order valence-electron chi connectivity index (χ0n) is 9.55. The van der Waals surface area contributed by atoms with Crippen molar-refractivity contribution >= 4 is 35.0 Å². The second kappa shape index (κ2) is 5.10. The summed E-state index contributed by atoms with van der Waals surface area (Å²) in [6.45, 7) is 4.86. The number of hydrogen-bond donors (Lipinski definition) is 1. The van der Waals surface area contributed by atoms with Gasteiger partial charge in [-0.3, -0.25) is 0 Å². The topological polar surface area (TPSA) is 35.2 Å². The van der Waals surface area contributed by atoms with Crippen molar-refractivity contribution < 1.29 is 4.74 Å². The first-order valence-electron chi connectivity index (χ1n) is 5.19. The van der Waals surface area contributed by atoms with E-state index in [0.717, 1.165) is 18.6 Å². The zero-order valence-corrected chi connectivity index (χ0v) is 12.5. The Morgan fingerprint density at radius 1 is 1.31 bits per heavy atom. The Labute approximate surface area is 116 Å². The molecule has 0 amide bonds. The number of hydrogen-bond acceptors (Lipinski definition) is 2. The van der Waals surface area contributed by atoms with E-state index < -0.39 is 0 Å². The van der Waals surface area contributed by atoms with E-state index in [1.54, 1.807) is 0 Å². The summed E-state index contributed by atoms with van der Waals surface area (Å²) in [4.78, 5) is 0. The molecule has 0 heterocycles. The summed E-state index contributed by atoms with van der Waals surface area (Å²) in [6.07, 6.45) is 2.19. The molecule has 0 bridgehead atoms. The quantitative estimate of drug-likeness (QED) is 0.847. The van der Waals surface area contributed by atoms with Crippen LogP contribution in [0, 0.1) is 17.4 Å². The first kappa shape index (κ1) is 14.1. The van der Waals surface area contributed by atoms with Crippen LogP contribution in [-0.4, -0.2) is 12.1 Å². The standard InChI is InChI=1S/C12H16INO.ClH/c1-8-5-10(6-9(2)11(8)13)15-7-12(14)3-4-12;/h5-6H,3-4,7,14H2,1-2H3;1H. The van der Waals surface area contributed by atoms with Gasteiger partial charge < -0.3 is 10.5 Å². The van der Waals surface area contributed by atoms with E-state index >= 15 is 0 Å². The summed E-state index contributed by atoms with van der Waals surface area (Å²) in [5, 5.41) is 0.